The summed E-state index contributed by atoms with van der Waals surface area (Å²) in [6, 6.07) is 5.89. The number of Topliss-reactive ketones (excluding diaryl/α,β-unsaturated/α-hetero) is 1. The predicted molar refractivity (Wildman–Crippen MR) is 212 cm³/mol. The largest absolute Gasteiger partial charge is 0.473 e. The van der Waals surface area contributed by atoms with Crippen LogP contribution in [0.3, 0.4) is 0 Å². The van der Waals surface area contributed by atoms with Crippen molar-refractivity contribution in [2.24, 2.45) is 28.6 Å². The lowest BCUT2D eigenvalue weighted by Gasteiger charge is -2.35. The Morgan fingerprint density at radius 2 is 1.73 bits per heavy atom. The summed E-state index contributed by atoms with van der Waals surface area (Å²) in [5.41, 5.74) is -2.10. The van der Waals surface area contributed by atoms with E-state index < -0.39 is 56.0 Å². The van der Waals surface area contributed by atoms with Crippen molar-refractivity contribution in [3.8, 4) is 5.88 Å². The molecule has 4 fully saturated rings. The molecule has 12 nitrogen and oxygen atoms in total. The van der Waals surface area contributed by atoms with Crippen LogP contribution in [0.4, 0.5) is 0 Å². The number of hydrogen-bond donors (Lipinski definition) is 1. The molecule has 3 heterocycles. The van der Waals surface area contributed by atoms with Gasteiger partial charge in [0.15, 0.2) is 11.7 Å². The number of amides is 2. The number of halogens is 1. The third kappa shape index (κ3) is 8.40. The lowest BCUT2D eigenvalue weighted by molar-refractivity contribution is -0.158. The Balaban J connectivity index is 1.24. The fourth-order valence-corrected chi connectivity index (χ4v) is 11.1. The van der Waals surface area contributed by atoms with Crippen LogP contribution in [0.1, 0.15) is 118 Å². The van der Waals surface area contributed by atoms with Crippen LogP contribution in [0, 0.1) is 28.6 Å². The molecule has 306 valence electrons. The van der Waals surface area contributed by atoms with Gasteiger partial charge in [0, 0.05) is 35.9 Å². The summed E-state index contributed by atoms with van der Waals surface area (Å²) < 4.78 is 42.3. The molecule has 2 amide bonds. The average Bonchev–Trinajstić information content (AvgIpc) is 4.02. The second-order valence-corrected chi connectivity index (χ2v) is 20.5. The Labute approximate surface area is 334 Å². The standard InChI is InChI=1S/C42H56ClN3O9S/c1-5-27-22-42(27,40(51)44-56(52,53)30-14-15-30)23-34(47)33-20-29-24-46(33)39(50)32(41(2,3)4)21-37(48)55-35-12-9-11-25(35)10-7-6-8-17-45-36(54-29)19-26-18-28(43)13-16-31(26)38(45)49/h13,16,18-19,25,27,29-30,32-33,35H,5-12,14-15,17,20-24H2,1-4H3,(H,44,51)/t25-,27-,29-,32-,33+,35-,42-/m1/s1. The highest BCUT2D eigenvalue weighted by molar-refractivity contribution is 7.90. The molecule has 1 aromatic carbocycles. The van der Waals surface area contributed by atoms with Crippen molar-refractivity contribution in [3.05, 3.63) is 39.6 Å². The van der Waals surface area contributed by atoms with Crippen molar-refractivity contribution in [3.63, 3.8) is 0 Å². The molecular formula is C42H56ClN3O9S. The molecule has 2 aliphatic heterocycles. The minimum atomic E-state index is -3.84. The van der Waals surface area contributed by atoms with E-state index in [0.29, 0.717) is 53.9 Å². The molecule has 2 aromatic rings. The molecule has 7 rings (SSSR count). The van der Waals surface area contributed by atoms with E-state index >= 15 is 0 Å². The van der Waals surface area contributed by atoms with Gasteiger partial charge in [-0.3, -0.25) is 33.3 Å². The van der Waals surface area contributed by atoms with Crippen LogP contribution in [0.2, 0.25) is 5.02 Å². The average molecular weight is 814 g/mol. The topological polar surface area (TPSA) is 158 Å². The highest BCUT2D eigenvalue weighted by Gasteiger charge is 2.62. The number of esters is 1. The van der Waals surface area contributed by atoms with E-state index in [1.807, 2.05) is 27.7 Å². The second kappa shape index (κ2) is 15.7. The van der Waals surface area contributed by atoms with Gasteiger partial charge in [0.25, 0.3) is 5.56 Å². The minimum absolute atomic E-state index is 0.00972. The van der Waals surface area contributed by atoms with E-state index in [4.69, 9.17) is 21.1 Å². The van der Waals surface area contributed by atoms with Crippen LogP contribution in [-0.2, 0) is 40.5 Å². The van der Waals surface area contributed by atoms with E-state index in [1.165, 1.54) is 4.90 Å². The number of hydrogen-bond acceptors (Lipinski definition) is 9. The van der Waals surface area contributed by atoms with Gasteiger partial charge < -0.3 is 14.4 Å². The molecule has 14 heteroatoms. The zero-order valence-corrected chi connectivity index (χ0v) is 34.6. The van der Waals surface area contributed by atoms with Gasteiger partial charge in [-0.1, -0.05) is 58.6 Å². The zero-order valence-electron chi connectivity index (χ0n) is 33.0. The van der Waals surface area contributed by atoms with Gasteiger partial charge in [0.2, 0.25) is 21.8 Å². The molecule has 1 N–H and O–H groups in total. The van der Waals surface area contributed by atoms with E-state index in [9.17, 15) is 32.4 Å². The molecule has 3 saturated carbocycles. The lowest BCUT2D eigenvalue weighted by atomic mass is 9.77. The summed E-state index contributed by atoms with van der Waals surface area (Å²) in [5, 5.41) is 0.990. The third-order valence-electron chi connectivity index (χ3n) is 13.1. The third-order valence-corrected chi connectivity index (χ3v) is 15.2. The summed E-state index contributed by atoms with van der Waals surface area (Å²) in [7, 11) is -3.84. The molecule has 56 heavy (non-hydrogen) atoms. The summed E-state index contributed by atoms with van der Waals surface area (Å²) in [5.74, 6) is -2.30. The van der Waals surface area contributed by atoms with Gasteiger partial charge in [-0.15, -0.1) is 0 Å². The van der Waals surface area contributed by atoms with Crippen molar-refractivity contribution in [1.82, 2.24) is 14.2 Å². The number of fused-ring (bicyclic) bond motifs is 5. The Kier molecular flexibility index (Phi) is 11.4. The summed E-state index contributed by atoms with van der Waals surface area (Å²) in [6.45, 7) is 8.00. The second-order valence-electron chi connectivity index (χ2n) is 18.1. The number of carbonyl (C=O) groups excluding carboxylic acids is 4. The van der Waals surface area contributed by atoms with Crippen LogP contribution in [-0.4, -0.2) is 71.5 Å². The summed E-state index contributed by atoms with van der Waals surface area (Å²) >= 11 is 6.35. The maximum atomic E-state index is 14.8. The van der Waals surface area contributed by atoms with Crippen molar-refractivity contribution in [2.45, 2.75) is 148 Å². The molecule has 1 saturated heterocycles. The molecule has 0 spiro atoms. The van der Waals surface area contributed by atoms with Crippen molar-refractivity contribution in [2.75, 3.05) is 6.54 Å². The Morgan fingerprint density at radius 3 is 2.43 bits per heavy atom. The van der Waals surface area contributed by atoms with Crippen LogP contribution < -0.4 is 15.0 Å². The van der Waals surface area contributed by atoms with Gasteiger partial charge in [0.1, 0.15) is 12.2 Å². The van der Waals surface area contributed by atoms with Gasteiger partial charge in [-0.25, -0.2) is 8.42 Å². The first-order chi connectivity index (χ1) is 26.5. The molecule has 0 radical (unpaired) electrons. The molecule has 1 aromatic heterocycles. The monoisotopic (exact) mass is 813 g/mol. The lowest BCUT2D eigenvalue weighted by Crippen LogP contribution is -2.48. The van der Waals surface area contributed by atoms with E-state index in [2.05, 4.69) is 4.72 Å². The van der Waals surface area contributed by atoms with E-state index in [0.717, 1.165) is 44.9 Å². The smallest absolute Gasteiger partial charge is 0.306 e. The maximum absolute atomic E-state index is 14.8. The highest BCUT2D eigenvalue weighted by atomic mass is 35.5. The number of pyridine rings is 1. The molecule has 3 aliphatic carbocycles. The number of rotatable bonds is 7. The van der Waals surface area contributed by atoms with Crippen molar-refractivity contribution in [1.29, 1.82) is 0 Å². The fourth-order valence-electron chi connectivity index (χ4n) is 9.52. The maximum Gasteiger partial charge on any atom is 0.306 e. The first-order valence-electron chi connectivity index (χ1n) is 20.6. The summed E-state index contributed by atoms with van der Waals surface area (Å²) in [4.78, 5) is 72.2. The van der Waals surface area contributed by atoms with Gasteiger partial charge in [-0.2, -0.15) is 0 Å². The first-order valence-corrected chi connectivity index (χ1v) is 22.5. The first kappa shape index (κ1) is 40.7. The minimum Gasteiger partial charge on any atom is -0.473 e. The molecular weight excluding hydrogens is 758 g/mol. The fraction of sp³-hybridized carbons (Fsp3) is 0.690. The number of ketones is 1. The number of ether oxygens (including phenoxy) is 2. The molecule has 5 aliphatic rings. The number of aromatic nitrogens is 1. The van der Waals surface area contributed by atoms with Crippen LogP contribution in [0.15, 0.2) is 29.1 Å². The Morgan fingerprint density at radius 1 is 0.982 bits per heavy atom. The van der Waals surface area contributed by atoms with Crippen molar-refractivity contribution >= 4 is 56.0 Å². The number of nitrogens with one attached hydrogen (secondary N) is 1. The highest BCUT2D eigenvalue weighted by Crippen LogP contribution is 2.58. The quantitative estimate of drug-likeness (QED) is 0.316. The van der Waals surface area contributed by atoms with Crippen LogP contribution >= 0.6 is 11.6 Å². The molecule has 0 unspecified atom stereocenters. The van der Waals surface area contributed by atoms with E-state index in [1.54, 1.807) is 28.8 Å². The Bertz CT molecular complexity index is 2060. The molecule has 7 atom stereocenters. The SMILES string of the molecule is CC[C@@H]1C[C@]1(CC(=O)[C@@H]1C[C@@H]2CN1C(=O)[C@H](C(C)(C)C)CC(=O)O[C@@H]1CCC[C@H]1CCCCCn1c(cc3cc(Cl)ccc3c1=O)O2)C(=O)NS(=O)(=O)C1CC1. The molecule has 2 bridgehead atoms. The van der Waals surface area contributed by atoms with E-state index in [-0.39, 0.29) is 61.0 Å². The Hall–Kier alpha value is -3.45. The number of nitrogens with zero attached hydrogens (tertiary/aromatic N) is 2. The van der Waals surface area contributed by atoms with Crippen LogP contribution in [0.25, 0.3) is 10.8 Å². The van der Waals surface area contributed by atoms with Crippen molar-refractivity contribution < 1.29 is 37.1 Å². The normalized spacial score (nSPS) is 30.4. The predicted octanol–water partition coefficient (Wildman–Crippen LogP) is 6.33. The number of sulfonamides is 1. The van der Waals surface area contributed by atoms with Gasteiger partial charge in [0.05, 0.1) is 35.6 Å². The van der Waals surface area contributed by atoms with Gasteiger partial charge in [-0.05, 0) is 92.2 Å². The van der Waals surface area contributed by atoms with Crippen LogP contribution in [0.5, 0.6) is 5.88 Å². The number of benzene rings is 1. The summed E-state index contributed by atoms with van der Waals surface area (Å²) in [6.07, 6.45) is 6.84. The zero-order chi connectivity index (χ0) is 40.2. The number of carbonyl (C=O) groups is 4. The van der Waals surface area contributed by atoms with Gasteiger partial charge >= 0.3 is 5.97 Å².